The summed E-state index contributed by atoms with van der Waals surface area (Å²) in [4.78, 5) is 15.5. The van der Waals surface area contributed by atoms with Crippen molar-refractivity contribution in [2.24, 2.45) is 0 Å². The molecule has 0 saturated heterocycles. The number of carbonyl (C=O) groups is 1. The van der Waals surface area contributed by atoms with E-state index in [2.05, 4.69) is 10.3 Å². The van der Waals surface area contributed by atoms with E-state index >= 15 is 0 Å². The van der Waals surface area contributed by atoms with Crippen LogP contribution in [-0.2, 0) is 0 Å². The Morgan fingerprint density at radius 2 is 2.36 bits per heavy atom. The first-order valence-corrected chi connectivity index (χ1v) is 4.60. The van der Waals surface area contributed by atoms with Gasteiger partial charge in [-0.1, -0.05) is 0 Å². The van der Waals surface area contributed by atoms with E-state index in [0.717, 1.165) is 12.8 Å². The van der Waals surface area contributed by atoms with Crippen LogP contribution in [0.25, 0.3) is 0 Å². The highest BCUT2D eigenvalue weighted by atomic mass is 16.5. The predicted molar refractivity (Wildman–Crippen MR) is 51.3 cm³/mol. The van der Waals surface area contributed by atoms with Crippen LogP contribution in [0.3, 0.4) is 0 Å². The lowest BCUT2D eigenvalue weighted by atomic mass is 10.2. The standard InChI is InChI=1S/C10H12N2O2/c1-14-9-5-2-7(6-11-9)10(13)12-8-3-4-8/h2,5-6,8H,3-4H2,1H3,(H,12,13). The van der Waals surface area contributed by atoms with Gasteiger partial charge in [-0.25, -0.2) is 4.98 Å². The van der Waals surface area contributed by atoms with E-state index in [-0.39, 0.29) is 5.91 Å². The summed E-state index contributed by atoms with van der Waals surface area (Å²) in [6, 6.07) is 3.77. The molecule has 1 aromatic heterocycles. The zero-order valence-electron chi connectivity index (χ0n) is 7.99. The van der Waals surface area contributed by atoms with Gasteiger partial charge in [-0.15, -0.1) is 0 Å². The molecule has 1 aliphatic carbocycles. The van der Waals surface area contributed by atoms with Crippen LogP contribution in [-0.4, -0.2) is 24.0 Å². The third-order valence-electron chi connectivity index (χ3n) is 2.12. The minimum absolute atomic E-state index is 0.0531. The first-order valence-electron chi connectivity index (χ1n) is 4.60. The summed E-state index contributed by atoms with van der Waals surface area (Å²) in [7, 11) is 1.55. The van der Waals surface area contributed by atoms with E-state index in [1.165, 1.54) is 6.20 Å². The Hall–Kier alpha value is -1.58. The maximum absolute atomic E-state index is 11.5. The van der Waals surface area contributed by atoms with Gasteiger partial charge >= 0.3 is 0 Å². The lowest BCUT2D eigenvalue weighted by molar-refractivity contribution is 0.0950. The van der Waals surface area contributed by atoms with Crippen molar-refractivity contribution in [2.75, 3.05) is 7.11 Å². The van der Waals surface area contributed by atoms with E-state index in [0.29, 0.717) is 17.5 Å². The van der Waals surface area contributed by atoms with Crippen molar-refractivity contribution < 1.29 is 9.53 Å². The van der Waals surface area contributed by atoms with E-state index in [9.17, 15) is 4.79 Å². The molecule has 14 heavy (non-hydrogen) atoms. The summed E-state index contributed by atoms with van der Waals surface area (Å²) in [6.45, 7) is 0. The molecule has 4 nitrogen and oxygen atoms in total. The quantitative estimate of drug-likeness (QED) is 0.776. The number of hydrogen-bond acceptors (Lipinski definition) is 3. The van der Waals surface area contributed by atoms with E-state index < -0.39 is 0 Å². The monoisotopic (exact) mass is 192 g/mol. The van der Waals surface area contributed by atoms with Gasteiger partial charge in [-0.2, -0.15) is 0 Å². The molecule has 4 heteroatoms. The minimum Gasteiger partial charge on any atom is -0.481 e. The van der Waals surface area contributed by atoms with Gasteiger partial charge in [0.05, 0.1) is 12.7 Å². The zero-order chi connectivity index (χ0) is 9.97. The average Bonchev–Trinajstić information content (AvgIpc) is 3.02. The number of aromatic nitrogens is 1. The SMILES string of the molecule is COc1ccc(C(=O)NC2CC2)cn1. The summed E-state index contributed by atoms with van der Waals surface area (Å²) in [5.74, 6) is 0.468. The predicted octanol–water partition coefficient (Wildman–Crippen LogP) is 0.982. The van der Waals surface area contributed by atoms with Crippen molar-refractivity contribution in [3.05, 3.63) is 23.9 Å². The van der Waals surface area contributed by atoms with E-state index in [1.807, 2.05) is 0 Å². The van der Waals surface area contributed by atoms with E-state index in [4.69, 9.17) is 4.74 Å². The molecule has 0 bridgehead atoms. The molecular weight excluding hydrogens is 180 g/mol. The second-order valence-electron chi connectivity index (χ2n) is 3.34. The van der Waals surface area contributed by atoms with Crippen LogP contribution < -0.4 is 10.1 Å². The van der Waals surface area contributed by atoms with Gasteiger partial charge in [-0.05, 0) is 18.9 Å². The summed E-state index contributed by atoms with van der Waals surface area (Å²) in [5, 5.41) is 2.89. The maximum atomic E-state index is 11.5. The number of hydrogen-bond donors (Lipinski definition) is 1. The molecule has 0 aromatic carbocycles. The molecule has 0 aliphatic heterocycles. The number of nitrogens with one attached hydrogen (secondary N) is 1. The highest BCUT2D eigenvalue weighted by molar-refractivity contribution is 5.94. The van der Waals surface area contributed by atoms with Crippen molar-refractivity contribution in [3.8, 4) is 5.88 Å². The first-order chi connectivity index (χ1) is 6.79. The molecule has 1 aromatic rings. The minimum atomic E-state index is -0.0531. The van der Waals surface area contributed by atoms with Crippen molar-refractivity contribution >= 4 is 5.91 Å². The number of methoxy groups -OCH3 is 1. The number of rotatable bonds is 3. The fraction of sp³-hybridized carbons (Fsp3) is 0.400. The third kappa shape index (κ3) is 2.02. The zero-order valence-corrected chi connectivity index (χ0v) is 7.99. The van der Waals surface area contributed by atoms with Gasteiger partial charge < -0.3 is 10.1 Å². The largest absolute Gasteiger partial charge is 0.481 e. The number of carbonyl (C=O) groups excluding carboxylic acids is 1. The van der Waals surface area contributed by atoms with Gasteiger partial charge in [0.1, 0.15) is 0 Å². The Kier molecular flexibility index (Phi) is 2.35. The molecule has 1 heterocycles. The molecule has 1 fully saturated rings. The average molecular weight is 192 g/mol. The van der Waals surface area contributed by atoms with Gasteiger partial charge in [0.25, 0.3) is 5.91 Å². The number of amides is 1. The van der Waals surface area contributed by atoms with Crippen LogP contribution in [0.2, 0.25) is 0 Å². The van der Waals surface area contributed by atoms with Crippen molar-refractivity contribution in [1.82, 2.24) is 10.3 Å². The molecule has 2 rings (SSSR count). The van der Waals surface area contributed by atoms with Gasteiger partial charge in [0.15, 0.2) is 0 Å². The number of ether oxygens (including phenoxy) is 1. The molecule has 1 aliphatic rings. The molecule has 0 radical (unpaired) electrons. The van der Waals surface area contributed by atoms with Crippen LogP contribution in [0.4, 0.5) is 0 Å². The van der Waals surface area contributed by atoms with Crippen molar-refractivity contribution in [2.45, 2.75) is 18.9 Å². The van der Waals surface area contributed by atoms with Gasteiger partial charge in [0.2, 0.25) is 5.88 Å². The van der Waals surface area contributed by atoms with Gasteiger partial charge in [0, 0.05) is 18.3 Å². The topological polar surface area (TPSA) is 51.2 Å². The van der Waals surface area contributed by atoms with E-state index in [1.54, 1.807) is 19.2 Å². The second kappa shape index (κ2) is 3.65. The fourth-order valence-electron chi connectivity index (χ4n) is 1.13. The normalized spacial score (nSPS) is 14.9. The Balaban J connectivity index is 2.03. The highest BCUT2D eigenvalue weighted by Crippen LogP contribution is 2.19. The van der Waals surface area contributed by atoms with Crippen LogP contribution in [0.5, 0.6) is 5.88 Å². The molecule has 1 saturated carbocycles. The Bertz CT molecular complexity index is 330. The highest BCUT2D eigenvalue weighted by Gasteiger charge is 2.23. The smallest absolute Gasteiger partial charge is 0.253 e. The number of pyridine rings is 1. The summed E-state index contributed by atoms with van der Waals surface area (Å²) < 4.78 is 4.90. The summed E-state index contributed by atoms with van der Waals surface area (Å²) >= 11 is 0. The van der Waals surface area contributed by atoms with Crippen LogP contribution in [0.1, 0.15) is 23.2 Å². The molecule has 0 atom stereocenters. The lowest BCUT2D eigenvalue weighted by Gasteiger charge is -2.03. The Morgan fingerprint density at radius 1 is 1.57 bits per heavy atom. The maximum Gasteiger partial charge on any atom is 0.253 e. The van der Waals surface area contributed by atoms with Crippen LogP contribution in [0.15, 0.2) is 18.3 Å². The summed E-state index contributed by atoms with van der Waals surface area (Å²) in [6.07, 6.45) is 3.71. The Labute approximate surface area is 82.3 Å². The number of nitrogens with zero attached hydrogens (tertiary/aromatic N) is 1. The molecule has 1 amide bonds. The second-order valence-corrected chi connectivity index (χ2v) is 3.34. The summed E-state index contributed by atoms with van der Waals surface area (Å²) in [5.41, 5.74) is 0.581. The first kappa shape index (κ1) is 8.99. The Morgan fingerprint density at radius 3 is 2.86 bits per heavy atom. The van der Waals surface area contributed by atoms with Gasteiger partial charge in [-0.3, -0.25) is 4.79 Å². The fourth-order valence-corrected chi connectivity index (χ4v) is 1.13. The van der Waals surface area contributed by atoms with Crippen molar-refractivity contribution in [3.63, 3.8) is 0 Å². The molecule has 0 unspecified atom stereocenters. The molecule has 1 N–H and O–H groups in total. The van der Waals surface area contributed by atoms with Crippen LogP contribution in [0, 0.1) is 0 Å². The third-order valence-corrected chi connectivity index (χ3v) is 2.12. The molecule has 74 valence electrons. The molecule has 0 spiro atoms. The lowest BCUT2D eigenvalue weighted by Crippen LogP contribution is -2.25. The van der Waals surface area contributed by atoms with Crippen LogP contribution >= 0.6 is 0 Å². The molecular formula is C10H12N2O2. The van der Waals surface area contributed by atoms with Crippen molar-refractivity contribution in [1.29, 1.82) is 0 Å².